The molecule has 2 fully saturated rings. The van der Waals surface area contributed by atoms with Crippen molar-refractivity contribution in [2.45, 2.75) is 51.9 Å². The Hall–Kier alpha value is -1.73. The smallest absolute Gasteiger partial charge is 0.230 e. The molecule has 1 spiro atoms. The summed E-state index contributed by atoms with van der Waals surface area (Å²) in [6.45, 7) is 8.07. The number of nitrogens with zero attached hydrogens (tertiary/aromatic N) is 3. The normalized spacial score (nSPS) is 30.5. The van der Waals surface area contributed by atoms with Crippen molar-refractivity contribution in [1.29, 1.82) is 0 Å². The lowest BCUT2D eigenvalue weighted by molar-refractivity contribution is -0.143. The van der Waals surface area contributed by atoms with Gasteiger partial charge in [0.1, 0.15) is 5.60 Å². The number of thiazole rings is 1. The van der Waals surface area contributed by atoms with Crippen LogP contribution in [0.3, 0.4) is 0 Å². The zero-order chi connectivity index (χ0) is 20.1. The van der Waals surface area contributed by atoms with Crippen LogP contribution in [-0.4, -0.2) is 58.4 Å². The lowest BCUT2D eigenvalue weighted by Crippen LogP contribution is -2.44. The second-order valence-corrected chi connectivity index (χ2v) is 9.42. The fourth-order valence-electron chi connectivity index (χ4n) is 4.93. The molecule has 1 aromatic rings. The summed E-state index contributed by atoms with van der Waals surface area (Å²) in [5, 5.41) is 2.97. The van der Waals surface area contributed by atoms with Crippen LogP contribution in [-0.2, 0) is 20.9 Å². The van der Waals surface area contributed by atoms with Crippen LogP contribution >= 0.6 is 11.3 Å². The Morgan fingerprint density at radius 1 is 1.46 bits per heavy atom. The van der Waals surface area contributed by atoms with E-state index in [0.717, 1.165) is 30.1 Å². The summed E-state index contributed by atoms with van der Waals surface area (Å²) in [4.78, 5) is 34.6. The van der Waals surface area contributed by atoms with Gasteiger partial charge in [-0.05, 0) is 12.8 Å². The molecule has 7 heteroatoms. The molecule has 4 rings (SSSR count). The van der Waals surface area contributed by atoms with Crippen LogP contribution in [0.5, 0.6) is 0 Å². The maximum Gasteiger partial charge on any atom is 0.230 e. The van der Waals surface area contributed by atoms with E-state index in [1.807, 2.05) is 29.4 Å². The first kappa shape index (κ1) is 19.6. The first-order valence-corrected chi connectivity index (χ1v) is 11.1. The molecule has 3 aliphatic heterocycles. The van der Waals surface area contributed by atoms with Gasteiger partial charge in [-0.15, -0.1) is 11.3 Å². The summed E-state index contributed by atoms with van der Waals surface area (Å²) >= 11 is 1.58. The molecule has 0 unspecified atom stereocenters. The zero-order valence-corrected chi connectivity index (χ0v) is 17.9. The molecule has 2 saturated heterocycles. The fourth-order valence-corrected chi connectivity index (χ4v) is 5.53. The molecule has 0 radical (unpaired) electrons. The summed E-state index contributed by atoms with van der Waals surface area (Å²) in [6.07, 6.45) is 5.82. The van der Waals surface area contributed by atoms with E-state index >= 15 is 0 Å². The third-order valence-corrected chi connectivity index (χ3v) is 7.36. The van der Waals surface area contributed by atoms with Crippen molar-refractivity contribution in [2.75, 3.05) is 20.1 Å². The maximum atomic E-state index is 13.3. The van der Waals surface area contributed by atoms with Gasteiger partial charge in [0.15, 0.2) is 0 Å². The first-order chi connectivity index (χ1) is 13.4. The molecular formula is C21H29N3O3S. The molecule has 4 heterocycles. The predicted octanol–water partition coefficient (Wildman–Crippen LogP) is 2.63. The van der Waals surface area contributed by atoms with Crippen LogP contribution in [0, 0.1) is 24.7 Å². The monoisotopic (exact) mass is 403 g/mol. The van der Waals surface area contributed by atoms with Crippen LogP contribution < -0.4 is 0 Å². The molecule has 28 heavy (non-hydrogen) atoms. The second kappa shape index (κ2) is 7.26. The molecule has 6 nitrogen and oxygen atoms in total. The SMILES string of the molecule is CCC(CC)CN1C[C@]23C=C[C@H](O2)[C@H](C(=O)N(C)Cc2csc(C)n2)[C@H]3C1=O. The average molecular weight is 404 g/mol. The van der Waals surface area contributed by atoms with Gasteiger partial charge >= 0.3 is 0 Å². The van der Waals surface area contributed by atoms with Gasteiger partial charge in [0, 0.05) is 19.0 Å². The Labute approximate surface area is 170 Å². The molecule has 0 saturated carbocycles. The molecule has 152 valence electrons. The van der Waals surface area contributed by atoms with E-state index < -0.39 is 17.4 Å². The van der Waals surface area contributed by atoms with Gasteiger partial charge in [-0.3, -0.25) is 9.59 Å². The van der Waals surface area contributed by atoms with E-state index in [-0.39, 0.29) is 17.9 Å². The minimum Gasteiger partial charge on any atom is -0.360 e. The number of hydrogen-bond acceptors (Lipinski definition) is 5. The van der Waals surface area contributed by atoms with Crippen LogP contribution in [0.15, 0.2) is 17.5 Å². The Morgan fingerprint density at radius 2 is 2.21 bits per heavy atom. The van der Waals surface area contributed by atoms with E-state index in [1.54, 1.807) is 23.3 Å². The summed E-state index contributed by atoms with van der Waals surface area (Å²) in [5.74, 6) is -0.289. The van der Waals surface area contributed by atoms with Crippen molar-refractivity contribution in [3.8, 4) is 0 Å². The number of carbonyl (C=O) groups is 2. The highest BCUT2D eigenvalue weighted by atomic mass is 32.1. The lowest BCUT2D eigenvalue weighted by atomic mass is 9.76. The number of carbonyl (C=O) groups excluding carboxylic acids is 2. The summed E-state index contributed by atoms with van der Waals surface area (Å²) in [6, 6.07) is 0. The number of rotatable bonds is 7. The Balaban J connectivity index is 1.52. The lowest BCUT2D eigenvalue weighted by Gasteiger charge is -2.27. The molecule has 2 bridgehead atoms. The minimum atomic E-state index is -0.619. The second-order valence-electron chi connectivity index (χ2n) is 8.35. The third kappa shape index (κ3) is 3.08. The van der Waals surface area contributed by atoms with Gasteiger partial charge in [0.05, 0.1) is 41.7 Å². The highest BCUT2D eigenvalue weighted by molar-refractivity contribution is 7.09. The van der Waals surface area contributed by atoms with Crippen molar-refractivity contribution < 1.29 is 14.3 Å². The Morgan fingerprint density at radius 3 is 2.86 bits per heavy atom. The van der Waals surface area contributed by atoms with Crippen LogP contribution in [0.4, 0.5) is 0 Å². The maximum absolute atomic E-state index is 13.3. The van der Waals surface area contributed by atoms with Crippen LogP contribution in [0.25, 0.3) is 0 Å². The Kier molecular flexibility index (Phi) is 5.08. The van der Waals surface area contributed by atoms with E-state index in [4.69, 9.17) is 4.74 Å². The van der Waals surface area contributed by atoms with E-state index in [2.05, 4.69) is 18.8 Å². The highest BCUT2D eigenvalue weighted by Crippen LogP contribution is 2.52. The molecular weight excluding hydrogens is 374 g/mol. The molecule has 0 aliphatic carbocycles. The van der Waals surface area contributed by atoms with Gasteiger partial charge in [-0.2, -0.15) is 0 Å². The largest absolute Gasteiger partial charge is 0.360 e. The quantitative estimate of drug-likeness (QED) is 0.657. The van der Waals surface area contributed by atoms with Gasteiger partial charge in [-0.1, -0.05) is 38.8 Å². The van der Waals surface area contributed by atoms with Gasteiger partial charge in [-0.25, -0.2) is 4.98 Å². The number of fused-ring (bicyclic) bond motifs is 1. The number of likely N-dealkylation sites (tertiary alicyclic amines) is 1. The van der Waals surface area contributed by atoms with Crippen LogP contribution in [0.1, 0.15) is 37.4 Å². The fraction of sp³-hybridized carbons (Fsp3) is 0.667. The average Bonchev–Trinajstić information content (AvgIpc) is 3.41. The van der Waals surface area contributed by atoms with E-state index in [9.17, 15) is 9.59 Å². The molecule has 4 atom stereocenters. The Bertz CT molecular complexity index is 803. The summed E-state index contributed by atoms with van der Waals surface area (Å²) in [7, 11) is 1.79. The molecule has 1 aromatic heterocycles. The number of aryl methyl sites for hydroxylation is 1. The summed E-state index contributed by atoms with van der Waals surface area (Å²) < 4.78 is 6.24. The number of aromatic nitrogens is 1. The molecule has 2 amide bonds. The number of hydrogen-bond donors (Lipinski definition) is 0. The number of ether oxygens (including phenoxy) is 1. The van der Waals surface area contributed by atoms with Gasteiger partial charge < -0.3 is 14.5 Å². The first-order valence-electron chi connectivity index (χ1n) is 10.2. The van der Waals surface area contributed by atoms with Crippen molar-refractivity contribution in [3.05, 3.63) is 28.2 Å². The van der Waals surface area contributed by atoms with Crippen molar-refractivity contribution >= 4 is 23.2 Å². The van der Waals surface area contributed by atoms with Crippen molar-refractivity contribution in [3.63, 3.8) is 0 Å². The highest BCUT2D eigenvalue weighted by Gasteiger charge is 2.67. The predicted molar refractivity (Wildman–Crippen MR) is 108 cm³/mol. The summed E-state index contributed by atoms with van der Waals surface area (Å²) in [5.41, 5.74) is 0.271. The van der Waals surface area contributed by atoms with E-state index in [1.165, 1.54) is 0 Å². The molecule has 0 aromatic carbocycles. The number of amides is 2. The minimum absolute atomic E-state index is 0.0235. The van der Waals surface area contributed by atoms with Crippen molar-refractivity contribution in [2.24, 2.45) is 17.8 Å². The van der Waals surface area contributed by atoms with Gasteiger partial charge in [0.2, 0.25) is 11.8 Å². The third-order valence-electron chi connectivity index (χ3n) is 6.54. The van der Waals surface area contributed by atoms with E-state index in [0.29, 0.717) is 19.0 Å². The van der Waals surface area contributed by atoms with Crippen molar-refractivity contribution in [1.82, 2.24) is 14.8 Å². The van der Waals surface area contributed by atoms with Crippen LogP contribution in [0.2, 0.25) is 0 Å². The standard InChI is InChI=1S/C21H29N3O3S/c1-5-14(6-2)9-24-12-21-8-7-16(27-21)17(18(21)20(24)26)19(25)23(4)10-15-11-28-13(3)22-15/h7-8,11,14,16-18H,5-6,9-10,12H2,1-4H3/t16-,17-,18-,21-/m0/s1. The molecule has 3 aliphatic rings. The molecule has 0 N–H and O–H groups in total. The van der Waals surface area contributed by atoms with Gasteiger partial charge in [0.25, 0.3) is 0 Å². The zero-order valence-electron chi connectivity index (χ0n) is 17.1. The topological polar surface area (TPSA) is 62.7 Å².